The van der Waals surface area contributed by atoms with Crippen LogP contribution in [0.25, 0.3) is 0 Å². The molecule has 0 amide bonds. The molecule has 2 saturated carbocycles. The fourth-order valence-corrected chi connectivity index (χ4v) is 4.99. The van der Waals surface area contributed by atoms with Gasteiger partial charge in [-0.15, -0.1) is 0 Å². The average Bonchev–Trinajstić information content (AvgIpc) is 3.03. The monoisotopic (exact) mass is 310 g/mol. The quantitative estimate of drug-likeness (QED) is 0.762. The largest absolute Gasteiger partial charge is 0.270 e. The molecule has 0 radical (unpaired) electrons. The first kappa shape index (κ1) is 12.7. The number of aromatic nitrogens is 2. The lowest BCUT2D eigenvalue weighted by molar-refractivity contribution is 0.194. The molecular formula is C15H23BrN2. The van der Waals surface area contributed by atoms with E-state index in [0.717, 1.165) is 17.2 Å². The van der Waals surface area contributed by atoms with E-state index in [0.29, 0.717) is 11.5 Å². The van der Waals surface area contributed by atoms with E-state index in [-0.39, 0.29) is 0 Å². The second-order valence-electron chi connectivity index (χ2n) is 6.63. The Morgan fingerprint density at radius 2 is 2.33 bits per heavy atom. The number of alkyl halides is 1. The minimum absolute atomic E-state index is 0.471. The van der Waals surface area contributed by atoms with E-state index in [1.807, 2.05) is 0 Å². The van der Waals surface area contributed by atoms with Crippen LogP contribution in [0.3, 0.4) is 0 Å². The minimum atomic E-state index is 0.471. The van der Waals surface area contributed by atoms with Gasteiger partial charge in [-0.2, -0.15) is 5.10 Å². The van der Waals surface area contributed by atoms with Gasteiger partial charge in [0.1, 0.15) is 0 Å². The minimum Gasteiger partial charge on any atom is -0.270 e. The van der Waals surface area contributed by atoms with Crippen molar-refractivity contribution in [2.24, 2.45) is 17.3 Å². The van der Waals surface area contributed by atoms with Crippen LogP contribution in [0.15, 0.2) is 12.3 Å². The van der Waals surface area contributed by atoms with Crippen LogP contribution in [0.5, 0.6) is 0 Å². The van der Waals surface area contributed by atoms with Crippen molar-refractivity contribution in [3.05, 3.63) is 18.0 Å². The molecule has 1 aromatic heterocycles. The lowest BCUT2D eigenvalue weighted by atomic mass is 9.72. The highest BCUT2D eigenvalue weighted by atomic mass is 79.9. The maximum absolute atomic E-state index is 4.75. The van der Waals surface area contributed by atoms with Gasteiger partial charge in [0.25, 0.3) is 0 Å². The molecule has 0 aliphatic heterocycles. The third-order valence-electron chi connectivity index (χ3n) is 5.09. The Morgan fingerprint density at radius 1 is 1.50 bits per heavy atom. The summed E-state index contributed by atoms with van der Waals surface area (Å²) in [6.45, 7) is 4.38. The Kier molecular flexibility index (Phi) is 3.29. The van der Waals surface area contributed by atoms with Crippen molar-refractivity contribution in [3.63, 3.8) is 0 Å². The van der Waals surface area contributed by atoms with Crippen molar-refractivity contribution in [3.8, 4) is 0 Å². The summed E-state index contributed by atoms with van der Waals surface area (Å²) in [5.74, 6) is 1.94. The van der Waals surface area contributed by atoms with Gasteiger partial charge in [-0.05, 0) is 62.8 Å². The van der Waals surface area contributed by atoms with Crippen molar-refractivity contribution in [2.75, 3.05) is 5.33 Å². The highest BCUT2D eigenvalue weighted by molar-refractivity contribution is 9.09. The summed E-state index contributed by atoms with van der Waals surface area (Å²) in [5, 5.41) is 5.89. The third-order valence-corrected chi connectivity index (χ3v) is 6.21. The molecule has 3 unspecified atom stereocenters. The van der Waals surface area contributed by atoms with E-state index in [4.69, 9.17) is 5.10 Å². The number of rotatable bonds is 4. The summed E-state index contributed by atoms with van der Waals surface area (Å²) >= 11 is 3.79. The van der Waals surface area contributed by atoms with Gasteiger partial charge in [0, 0.05) is 17.6 Å². The number of hydrogen-bond acceptors (Lipinski definition) is 1. The fourth-order valence-electron chi connectivity index (χ4n) is 4.11. The molecule has 2 aliphatic carbocycles. The molecule has 1 heterocycles. The summed E-state index contributed by atoms with van der Waals surface area (Å²) in [6, 6.07) is 2.69. The Balaban J connectivity index is 1.77. The Labute approximate surface area is 118 Å². The van der Waals surface area contributed by atoms with Crippen LogP contribution >= 0.6 is 15.9 Å². The molecule has 3 rings (SSSR count). The molecule has 0 aromatic carbocycles. The lowest BCUT2D eigenvalue weighted by Crippen LogP contribution is -2.32. The predicted octanol–water partition coefficient (Wildman–Crippen LogP) is 4.21. The van der Waals surface area contributed by atoms with Gasteiger partial charge in [-0.1, -0.05) is 22.4 Å². The van der Waals surface area contributed by atoms with E-state index >= 15 is 0 Å². The maximum atomic E-state index is 4.75. The summed E-state index contributed by atoms with van der Waals surface area (Å²) in [7, 11) is 0. The van der Waals surface area contributed by atoms with E-state index in [1.165, 1.54) is 37.8 Å². The zero-order valence-electron chi connectivity index (χ0n) is 11.4. The standard InChI is InChI=1S/C15H23BrN2/c1-11(2)18-6-5-14(17-18)9-15(10-16)8-12-3-4-13(15)7-12/h5-6,11-13H,3-4,7-10H2,1-2H3. The number of fused-ring (bicyclic) bond motifs is 2. The van der Waals surface area contributed by atoms with Gasteiger partial charge in [0.05, 0.1) is 5.69 Å². The first-order valence-electron chi connectivity index (χ1n) is 7.23. The molecular weight excluding hydrogens is 288 g/mol. The summed E-state index contributed by atoms with van der Waals surface area (Å²) in [5.41, 5.74) is 1.79. The van der Waals surface area contributed by atoms with Crippen LogP contribution < -0.4 is 0 Å². The van der Waals surface area contributed by atoms with Crippen LogP contribution in [0.4, 0.5) is 0 Å². The van der Waals surface area contributed by atoms with Crippen molar-refractivity contribution in [2.45, 2.75) is 52.0 Å². The lowest BCUT2D eigenvalue weighted by Gasteiger charge is -2.35. The van der Waals surface area contributed by atoms with Crippen molar-refractivity contribution in [1.29, 1.82) is 0 Å². The highest BCUT2D eigenvalue weighted by Crippen LogP contribution is 2.57. The molecule has 0 N–H and O–H groups in total. The number of nitrogens with zero attached hydrogens (tertiary/aromatic N) is 2. The summed E-state index contributed by atoms with van der Waals surface area (Å²) in [4.78, 5) is 0. The maximum Gasteiger partial charge on any atom is 0.0630 e. The van der Waals surface area contributed by atoms with Gasteiger partial charge in [0.15, 0.2) is 0 Å². The van der Waals surface area contributed by atoms with E-state index in [1.54, 1.807) is 0 Å². The van der Waals surface area contributed by atoms with Gasteiger partial charge in [-0.25, -0.2) is 0 Å². The first-order valence-corrected chi connectivity index (χ1v) is 8.35. The van der Waals surface area contributed by atoms with Crippen LogP contribution in [0.1, 0.15) is 51.3 Å². The fraction of sp³-hybridized carbons (Fsp3) is 0.800. The SMILES string of the molecule is CC(C)n1ccc(CC2(CBr)CC3CCC2C3)n1. The zero-order valence-corrected chi connectivity index (χ0v) is 13.0. The smallest absolute Gasteiger partial charge is 0.0630 e. The second-order valence-corrected chi connectivity index (χ2v) is 7.19. The molecule has 1 aromatic rings. The third kappa shape index (κ3) is 2.04. The van der Waals surface area contributed by atoms with Gasteiger partial charge < -0.3 is 0 Å². The number of halogens is 1. The van der Waals surface area contributed by atoms with Gasteiger partial charge in [0.2, 0.25) is 0 Å². The Morgan fingerprint density at radius 3 is 2.83 bits per heavy atom. The predicted molar refractivity (Wildman–Crippen MR) is 78.0 cm³/mol. The first-order chi connectivity index (χ1) is 8.63. The van der Waals surface area contributed by atoms with Crippen molar-refractivity contribution >= 4 is 15.9 Å². The average molecular weight is 311 g/mol. The molecule has 3 heteroatoms. The molecule has 2 aliphatic rings. The van der Waals surface area contributed by atoms with Crippen LogP contribution in [-0.2, 0) is 6.42 Å². The summed E-state index contributed by atoms with van der Waals surface area (Å²) < 4.78 is 2.09. The molecule has 100 valence electrons. The normalized spacial score (nSPS) is 34.7. The second kappa shape index (κ2) is 4.66. The number of hydrogen-bond donors (Lipinski definition) is 0. The zero-order chi connectivity index (χ0) is 12.8. The molecule has 2 fully saturated rings. The van der Waals surface area contributed by atoms with Crippen molar-refractivity contribution in [1.82, 2.24) is 9.78 Å². The van der Waals surface area contributed by atoms with Gasteiger partial charge in [-0.3, -0.25) is 4.68 Å². The molecule has 2 nitrogen and oxygen atoms in total. The highest BCUT2D eigenvalue weighted by Gasteiger charge is 2.50. The molecule has 3 atom stereocenters. The Hall–Kier alpha value is -0.310. The van der Waals surface area contributed by atoms with Crippen LogP contribution in [0.2, 0.25) is 0 Å². The Bertz CT molecular complexity index is 426. The van der Waals surface area contributed by atoms with E-state index in [2.05, 4.69) is 46.7 Å². The summed E-state index contributed by atoms with van der Waals surface area (Å²) in [6.07, 6.45) is 9.10. The van der Waals surface area contributed by atoms with E-state index in [9.17, 15) is 0 Å². The van der Waals surface area contributed by atoms with Gasteiger partial charge >= 0.3 is 0 Å². The molecule has 0 spiro atoms. The molecule has 0 saturated heterocycles. The molecule has 18 heavy (non-hydrogen) atoms. The van der Waals surface area contributed by atoms with Crippen LogP contribution in [-0.4, -0.2) is 15.1 Å². The van der Waals surface area contributed by atoms with E-state index < -0.39 is 0 Å². The topological polar surface area (TPSA) is 17.8 Å². The molecule has 2 bridgehead atoms. The van der Waals surface area contributed by atoms with Crippen molar-refractivity contribution < 1.29 is 0 Å². The van der Waals surface area contributed by atoms with Crippen LogP contribution in [0, 0.1) is 17.3 Å².